The molecule has 1 aliphatic heterocycles. The van der Waals surface area contributed by atoms with Crippen LogP contribution in [0.5, 0.6) is 0 Å². The van der Waals surface area contributed by atoms with Crippen LogP contribution in [0.1, 0.15) is 32.3 Å². The van der Waals surface area contributed by atoms with E-state index < -0.39 is 0 Å². The van der Waals surface area contributed by atoms with Gasteiger partial charge >= 0.3 is 0 Å². The van der Waals surface area contributed by atoms with Crippen molar-refractivity contribution in [2.24, 2.45) is 0 Å². The summed E-state index contributed by atoms with van der Waals surface area (Å²) in [7, 11) is 0. The molecule has 2 aromatic rings. The topological polar surface area (TPSA) is 36.4 Å². The Morgan fingerprint density at radius 2 is 1.88 bits per heavy atom. The highest BCUT2D eigenvalue weighted by Crippen LogP contribution is 2.25. The second kappa shape index (κ2) is 8.26. The summed E-state index contributed by atoms with van der Waals surface area (Å²) in [5, 5.41) is 0. The third-order valence-electron chi connectivity index (χ3n) is 4.99. The van der Waals surface area contributed by atoms with Crippen molar-refractivity contribution in [3.8, 4) is 0 Å². The summed E-state index contributed by atoms with van der Waals surface area (Å²) in [4.78, 5) is 21.8. The monoisotopic (exact) mass is 337 g/mol. The number of anilines is 1. The van der Waals surface area contributed by atoms with E-state index in [4.69, 9.17) is 0 Å². The number of piperidine rings is 1. The van der Waals surface area contributed by atoms with Gasteiger partial charge in [-0.15, -0.1) is 0 Å². The van der Waals surface area contributed by atoms with E-state index in [2.05, 4.69) is 23.7 Å². The molecule has 25 heavy (non-hydrogen) atoms. The third kappa shape index (κ3) is 4.45. The minimum atomic E-state index is 0.155. The van der Waals surface area contributed by atoms with Crippen LogP contribution < -0.4 is 4.90 Å². The summed E-state index contributed by atoms with van der Waals surface area (Å²) >= 11 is 0. The summed E-state index contributed by atoms with van der Waals surface area (Å²) in [6.07, 6.45) is 6.00. The molecule has 0 spiro atoms. The van der Waals surface area contributed by atoms with Crippen LogP contribution in [0.2, 0.25) is 0 Å². The molecule has 132 valence electrons. The van der Waals surface area contributed by atoms with Gasteiger partial charge in [-0.05, 0) is 44.4 Å². The number of hydrogen-bond donors (Lipinski definition) is 0. The number of carbonyl (C=O) groups excluding carboxylic acids is 1. The summed E-state index contributed by atoms with van der Waals surface area (Å²) in [6, 6.07) is 14.7. The predicted molar refractivity (Wildman–Crippen MR) is 102 cm³/mol. The van der Waals surface area contributed by atoms with Crippen LogP contribution >= 0.6 is 0 Å². The normalized spacial score (nSPS) is 16.1. The fourth-order valence-electron chi connectivity index (χ4n) is 3.57. The van der Waals surface area contributed by atoms with Crippen molar-refractivity contribution >= 4 is 11.6 Å². The molecule has 1 aromatic heterocycles. The van der Waals surface area contributed by atoms with Crippen molar-refractivity contribution in [3.05, 3.63) is 60.4 Å². The fraction of sp³-hybridized carbons (Fsp3) is 0.429. The van der Waals surface area contributed by atoms with Crippen LogP contribution in [0, 0.1) is 0 Å². The first-order valence-electron chi connectivity index (χ1n) is 9.15. The van der Waals surface area contributed by atoms with Crippen LogP contribution in [0.4, 0.5) is 5.69 Å². The van der Waals surface area contributed by atoms with Gasteiger partial charge in [0, 0.05) is 31.4 Å². The van der Waals surface area contributed by atoms with Crippen molar-refractivity contribution in [2.45, 2.75) is 45.2 Å². The van der Waals surface area contributed by atoms with E-state index in [-0.39, 0.29) is 11.9 Å². The molecular formula is C21H27N3O. The molecule has 0 aliphatic carbocycles. The third-order valence-corrected chi connectivity index (χ3v) is 4.99. The van der Waals surface area contributed by atoms with Crippen molar-refractivity contribution in [1.82, 2.24) is 9.88 Å². The van der Waals surface area contributed by atoms with Crippen molar-refractivity contribution in [2.75, 3.05) is 18.0 Å². The van der Waals surface area contributed by atoms with Gasteiger partial charge in [-0.1, -0.05) is 30.3 Å². The first kappa shape index (κ1) is 17.6. The molecule has 1 saturated heterocycles. The lowest BCUT2D eigenvalue weighted by Crippen LogP contribution is -2.49. The minimum Gasteiger partial charge on any atom is -0.307 e. The van der Waals surface area contributed by atoms with Gasteiger partial charge < -0.3 is 9.80 Å². The van der Waals surface area contributed by atoms with Crippen molar-refractivity contribution in [3.63, 3.8) is 0 Å². The lowest BCUT2D eigenvalue weighted by atomic mass is 10.00. The Kier molecular flexibility index (Phi) is 5.82. The molecule has 0 N–H and O–H groups in total. The molecule has 0 saturated carbocycles. The molecular weight excluding hydrogens is 310 g/mol. The molecule has 1 aromatic carbocycles. The Bertz CT molecular complexity index is 664. The Balaban J connectivity index is 1.78. The zero-order chi connectivity index (χ0) is 17.6. The van der Waals surface area contributed by atoms with Gasteiger partial charge in [0.05, 0.1) is 18.3 Å². The van der Waals surface area contributed by atoms with E-state index >= 15 is 0 Å². The summed E-state index contributed by atoms with van der Waals surface area (Å²) in [5.74, 6) is 0.155. The van der Waals surface area contributed by atoms with Gasteiger partial charge in [-0.25, -0.2) is 0 Å². The van der Waals surface area contributed by atoms with Gasteiger partial charge in [-0.3, -0.25) is 9.78 Å². The summed E-state index contributed by atoms with van der Waals surface area (Å²) in [6.45, 7) is 6.55. The molecule has 1 fully saturated rings. The Morgan fingerprint density at radius 1 is 1.16 bits per heavy atom. The maximum Gasteiger partial charge on any atom is 0.231 e. The number of carbonyl (C=O) groups is 1. The van der Waals surface area contributed by atoms with Gasteiger partial charge in [-0.2, -0.15) is 0 Å². The molecule has 2 heterocycles. The molecule has 0 radical (unpaired) electrons. The molecule has 0 bridgehead atoms. The van der Waals surface area contributed by atoms with Gasteiger partial charge in [0.1, 0.15) is 0 Å². The number of likely N-dealkylation sites (tertiary alicyclic amines) is 1. The Hall–Kier alpha value is -2.20. The zero-order valence-corrected chi connectivity index (χ0v) is 15.1. The van der Waals surface area contributed by atoms with Crippen LogP contribution in [0.3, 0.4) is 0 Å². The maximum absolute atomic E-state index is 13.1. The first-order chi connectivity index (χ1) is 12.1. The second-order valence-corrected chi connectivity index (χ2v) is 7.00. The van der Waals surface area contributed by atoms with Crippen molar-refractivity contribution < 1.29 is 4.79 Å². The summed E-state index contributed by atoms with van der Waals surface area (Å²) in [5.41, 5.74) is 1.97. The second-order valence-electron chi connectivity index (χ2n) is 7.00. The number of benzene rings is 1. The molecule has 4 heteroatoms. The van der Waals surface area contributed by atoms with Gasteiger partial charge in [0.15, 0.2) is 0 Å². The smallest absolute Gasteiger partial charge is 0.231 e. The number of aromatic nitrogens is 1. The fourth-order valence-corrected chi connectivity index (χ4v) is 3.57. The van der Waals surface area contributed by atoms with E-state index in [1.54, 1.807) is 12.4 Å². The van der Waals surface area contributed by atoms with Crippen LogP contribution in [-0.4, -0.2) is 41.0 Å². The minimum absolute atomic E-state index is 0.155. The molecule has 3 rings (SSSR count). The van der Waals surface area contributed by atoms with Crippen LogP contribution in [0.25, 0.3) is 0 Å². The van der Waals surface area contributed by atoms with E-state index in [1.807, 2.05) is 47.4 Å². The molecule has 0 atom stereocenters. The highest BCUT2D eigenvalue weighted by Gasteiger charge is 2.29. The van der Waals surface area contributed by atoms with Gasteiger partial charge in [0.2, 0.25) is 5.91 Å². The van der Waals surface area contributed by atoms with E-state index in [1.165, 1.54) is 0 Å². The lowest BCUT2D eigenvalue weighted by molar-refractivity contribution is -0.118. The molecule has 1 aliphatic rings. The molecule has 4 nitrogen and oxygen atoms in total. The summed E-state index contributed by atoms with van der Waals surface area (Å²) < 4.78 is 0. The number of hydrogen-bond acceptors (Lipinski definition) is 3. The highest BCUT2D eigenvalue weighted by molar-refractivity contribution is 5.95. The Labute approximate surface area is 150 Å². The van der Waals surface area contributed by atoms with Crippen LogP contribution in [0.15, 0.2) is 54.9 Å². The number of rotatable bonds is 5. The van der Waals surface area contributed by atoms with Crippen LogP contribution in [-0.2, 0) is 11.2 Å². The highest BCUT2D eigenvalue weighted by atomic mass is 16.2. The largest absolute Gasteiger partial charge is 0.307 e. The van der Waals surface area contributed by atoms with Gasteiger partial charge in [0.25, 0.3) is 0 Å². The van der Waals surface area contributed by atoms with E-state index in [0.717, 1.165) is 37.2 Å². The van der Waals surface area contributed by atoms with E-state index in [9.17, 15) is 4.79 Å². The Morgan fingerprint density at radius 3 is 2.48 bits per heavy atom. The predicted octanol–water partition coefficient (Wildman–Crippen LogP) is 3.53. The maximum atomic E-state index is 13.1. The average Bonchev–Trinajstić information content (AvgIpc) is 2.64. The lowest BCUT2D eigenvalue weighted by Gasteiger charge is -2.40. The number of nitrogens with zero attached hydrogens (tertiary/aromatic N) is 3. The number of amides is 1. The average molecular weight is 337 g/mol. The first-order valence-corrected chi connectivity index (χ1v) is 9.15. The standard InChI is InChI=1S/C21H27N3O/c1-17(2)23-13-10-19(11-14-23)24(20-9-6-12-22-16-20)21(25)15-18-7-4-3-5-8-18/h3-9,12,16-17,19H,10-11,13-15H2,1-2H3. The zero-order valence-electron chi connectivity index (χ0n) is 15.1. The quantitative estimate of drug-likeness (QED) is 0.837. The van der Waals surface area contributed by atoms with Crippen molar-refractivity contribution in [1.29, 1.82) is 0 Å². The number of pyridine rings is 1. The molecule has 1 amide bonds. The molecule has 0 unspecified atom stereocenters. The van der Waals surface area contributed by atoms with E-state index in [0.29, 0.717) is 12.5 Å². The SMILES string of the molecule is CC(C)N1CCC(N(C(=O)Cc2ccccc2)c2cccnc2)CC1.